The highest BCUT2D eigenvalue weighted by Crippen LogP contribution is 2.30. The molecule has 19 heavy (non-hydrogen) atoms. The van der Waals surface area contributed by atoms with Gasteiger partial charge in [0.15, 0.2) is 0 Å². The summed E-state index contributed by atoms with van der Waals surface area (Å²) in [6.07, 6.45) is -0.295. The van der Waals surface area contributed by atoms with E-state index in [0.717, 1.165) is 44.6 Å². The van der Waals surface area contributed by atoms with Crippen molar-refractivity contribution in [3.8, 4) is 0 Å². The smallest absolute Gasteiger partial charge is 0.356 e. The molecule has 1 aliphatic heterocycles. The topological polar surface area (TPSA) is 42.1 Å². The van der Waals surface area contributed by atoms with Crippen molar-refractivity contribution in [2.45, 2.75) is 25.4 Å². The largest absolute Gasteiger partial charge is 0.417 e. The second-order valence-corrected chi connectivity index (χ2v) is 4.93. The first kappa shape index (κ1) is 14.1. The molecule has 1 aromatic rings. The molecule has 2 heterocycles. The molecule has 6 heteroatoms. The van der Waals surface area contributed by atoms with Crippen LogP contribution in [-0.2, 0) is 6.18 Å². The van der Waals surface area contributed by atoms with Crippen molar-refractivity contribution >= 4 is 5.82 Å². The van der Waals surface area contributed by atoms with Crippen molar-refractivity contribution < 1.29 is 13.2 Å². The Balaban J connectivity index is 2.05. The number of alkyl halides is 3. The second-order valence-electron chi connectivity index (χ2n) is 4.93. The van der Waals surface area contributed by atoms with Gasteiger partial charge in [0, 0.05) is 19.3 Å². The number of hydrogen-bond acceptors (Lipinski definition) is 3. The van der Waals surface area contributed by atoms with Crippen LogP contribution in [0.3, 0.4) is 0 Å². The van der Waals surface area contributed by atoms with Gasteiger partial charge in [-0.05, 0) is 43.9 Å². The van der Waals surface area contributed by atoms with Crippen LogP contribution in [0, 0.1) is 5.92 Å². The van der Waals surface area contributed by atoms with Crippen LogP contribution in [0.1, 0.15) is 24.8 Å². The third-order valence-electron chi connectivity index (χ3n) is 3.49. The van der Waals surface area contributed by atoms with Gasteiger partial charge in [-0.2, -0.15) is 13.2 Å². The van der Waals surface area contributed by atoms with E-state index in [4.69, 9.17) is 5.73 Å². The molecule has 0 saturated carbocycles. The molecule has 1 aliphatic rings. The molecule has 106 valence electrons. The highest BCUT2D eigenvalue weighted by atomic mass is 19.4. The zero-order valence-corrected chi connectivity index (χ0v) is 10.7. The minimum Gasteiger partial charge on any atom is -0.356 e. The van der Waals surface area contributed by atoms with E-state index in [-0.39, 0.29) is 0 Å². The first-order valence-electron chi connectivity index (χ1n) is 6.49. The molecule has 1 unspecified atom stereocenters. The number of piperidine rings is 1. The molecule has 3 nitrogen and oxygen atoms in total. The van der Waals surface area contributed by atoms with Gasteiger partial charge in [-0.3, -0.25) is 0 Å². The Bertz CT molecular complexity index is 401. The fourth-order valence-corrected chi connectivity index (χ4v) is 2.49. The molecule has 2 rings (SSSR count). The van der Waals surface area contributed by atoms with E-state index in [0.29, 0.717) is 18.3 Å². The molecule has 0 radical (unpaired) electrons. The highest BCUT2D eigenvalue weighted by Gasteiger charge is 2.31. The van der Waals surface area contributed by atoms with Gasteiger partial charge in [-0.25, -0.2) is 4.98 Å². The van der Waals surface area contributed by atoms with E-state index in [2.05, 4.69) is 4.98 Å². The number of pyridine rings is 1. The molecule has 0 bridgehead atoms. The summed E-state index contributed by atoms with van der Waals surface area (Å²) in [7, 11) is 0. The Kier molecular flexibility index (Phi) is 4.29. The minimum absolute atomic E-state index is 0.517. The van der Waals surface area contributed by atoms with Crippen LogP contribution in [0.15, 0.2) is 18.3 Å². The molecule has 0 spiro atoms. The van der Waals surface area contributed by atoms with Crippen LogP contribution in [0.25, 0.3) is 0 Å². The molecule has 0 aromatic carbocycles. The third kappa shape index (κ3) is 3.59. The molecule has 1 saturated heterocycles. The van der Waals surface area contributed by atoms with Crippen molar-refractivity contribution in [3.63, 3.8) is 0 Å². The fraction of sp³-hybridized carbons (Fsp3) is 0.615. The summed E-state index contributed by atoms with van der Waals surface area (Å²) < 4.78 is 37.4. The number of nitrogens with zero attached hydrogens (tertiary/aromatic N) is 2. The van der Waals surface area contributed by atoms with Crippen LogP contribution in [0.4, 0.5) is 19.0 Å². The van der Waals surface area contributed by atoms with Crippen molar-refractivity contribution in [3.05, 3.63) is 23.9 Å². The Hall–Kier alpha value is -1.30. The van der Waals surface area contributed by atoms with Gasteiger partial charge in [0.25, 0.3) is 0 Å². The normalized spacial score (nSPS) is 20.6. The lowest BCUT2D eigenvalue weighted by molar-refractivity contribution is -0.137. The molecular weight excluding hydrogens is 255 g/mol. The first-order chi connectivity index (χ1) is 9.00. The standard InChI is InChI=1S/C13H18F3N3/c14-13(15,16)11-3-4-12(18-8-11)19-7-1-2-10(9-19)5-6-17/h3-4,8,10H,1-2,5-7,9,17H2. The second kappa shape index (κ2) is 5.77. The lowest BCUT2D eigenvalue weighted by Crippen LogP contribution is -2.36. The highest BCUT2D eigenvalue weighted by molar-refractivity contribution is 5.40. The lowest BCUT2D eigenvalue weighted by atomic mass is 9.95. The van der Waals surface area contributed by atoms with Crippen LogP contribution in [0.5, 0.6) is 0 Å². The average Bonchev–Trinajstić information content (AvgIpc) is 2.39. The van der Waals surface area contributed by atoms with Gasteiger partial charge in [0.2, 0.25) is 0 Å². The molecule has 1 atom stereocenters. The summed E-state index contributed by atoms with van der Waals surface area (Å²) in [5, 5.41) is 0. The zero-order chi connectivity index (χ0) is 13.9. The predicted molar refractivity (Wildman–Crippen MR) is 67.8 cm³/mol. The van der Waals surface area contributed by atoms with Gasteiger partial charge < -0.3 is 10.6 Å². The van der Waals surface area contributed by atoms with E-state index >= 15 is 0 Å². The molecule has 0 amide bonds. The first-order valence-corrected chi connectivity index (χ1v) is 6.49. The maximum absolute atomic E-state index is 12.5. The lowest BCUT2D eigenvalue weighted by Gasteiger charge is -2.33. The summed E-state index contributed by atoms with van der Waals surface area (Å²) in [6.45, 7) is 2.33. The summed E-state index contributed by atoms with van der Waals surface area (Å²) in [4.78, 5) is 5.98. The number of halogens is 3. The Morgan fingerprint density at radius 1 is 1.37 bits per heavy atom. The molecular formula is C13H18F3N3. The van der Waals surface area contributed by atoms with Gasteiger partial charge in [-0.1, -0.05) is 0 Å². The fourth-order valence-electron chi connectivity index (χ4n) is 2.49. The monoisotopic (exact) mass is 273 g/mol. The summed E-state index contributed by atoms with van der Waals surface area (Å²) >= 11 is 0. The van der Waals surface area contributed by atoms with Crippen molar-refractivity contribution in [1.29, 1.82) is 0 Å². The molecule has 0 aliphatic carbocycles. The Labute approximate surface area is 110 Å². The van der Waals surface area contributed by atoms with Crippen molar-refractivity contribution in [2.24, 2.45) is 11.7 Å². The summed E-state index contributed by atoms with van der Waals surface area (Å²) in [5.74, 6) is 1.14. The SMILES string of the molecule is NCCC1CCCN(c2ccc(C(F)(F)F)cn2)C1. The van der Waals surface area contributed by atoms with Crippen molar-refractivity contribution in [2.75, 3.05) is 24.5 Å². The number of hydrogen-bond donors (Lipinski definition) is 1. The molecule has 2 N–H and O–H groups in total. The van der Waals surface area contributed by atoms with E-state index in [1.165, 1.54) is 6.07 Å². The van der Waals surface area contributed by atoms with Gasteiger partial charge >= 0.3 is 6.18 Å². The number of anilines is 1. The predicted octanol–water partition coefficient (Wildman–Crippen LogP) is 2.67. The van der Waals surface area contributed by atoms with Gasteiger partial charge in [0.05, 0.1) is 5.56 Å². The third-order valence-corrected chi connectivity index (χ3v) is 3.49. The molecule has 1 aromatic heterocycles. The maximum atomic E-state index is 12.5. The number of rotatable bonds is 3. The van der Waals surface area contributed by atoms with E-state index < -0.39 is 11.7 Å². The van der Waals surface area contributed by atoms with Gasteiger partial charge in [0.1, 0.15) is 5.82 Å². The minimum atomic E-state index is -4.32. The number of aromatic nitrogens is 1. The molecule has 1 fully saturated rings. The average molecular weight is 273 g/mol. The van der Waals surface area contributed by atoms with E-state index in [1.54, 1.807) is 0 Å². The van der Waals surface area contributed by atoms with Crippen LogP contribution in [0.2, 0.25) is 0 Å². The van der Waals surface area contributed by atoms with Crippen LogP contribution in [-0.4, -0.2) is 24.6 Å². The van der Waals surface area contributed by atoms with Crippen LogP contribution < -0.4 is 10.6 Å². The van der Waals surface area contributed by atoms with E-state index in [9.17, 15) is 13.2 Å². The summed E-state index contributed by atoms with van der Waals surface area (Å²) in [6, 6.07) is 2.54. The zero-order valence-electron chi connectivity index (χ0n) is 10.7. The maximum Gasteiger partial charge on any atom is 0.417 e. The van der Waals surface area contributed by atoms with E-state index in [1.807, 2.05) is 4.90 Å². The summed E-state index contributed by atoms with van der Waals surface area (Å²) in [5.41, 5.74) is 4.85. The van der Waals surface area contributed by atoms with Crippen molar-refractivity contribution in [1.82, 2.24) is 4.98 Å². The van der Waals surface area contributed by atoms with Crippen LogP contribution >= 0.6 is 0 Å². The quantitative estimate of drug-likeness (QED) is 0.920. The van der Waals surface area contributed by atoms with Gasteiger partial charge in [-0.15, -0.1) is 0 Å². The Morgan fingerprint density at radius 2 is 2.16 bits per heavy atom. The Morgan fingerprint density at radius 3 is 2.74 bits per heavy atom. The number of nitrogens with two attached hydrogens (primary N) is 1.